The van der Waals surface area contributed by atoms with Crippen molar-refractivity contribution in [3.8, 4) is 0 Å². The van der Waals surface area contributed by atoms with Crippen LogP contribution in [0.15, 0.2) is 0 Å². The third kappa shape index (κ3) is 3.98. The van der Waals surface area contributed by atoms with Crippen LogP contribution in [0.1, 0.15) is 55.5 Å². The van der Waals surface area contributed by atoms with E-state index >= 15 is 0 Å². The van der Waals surface area contributed by atoms with Gasteiger partial charge in [0, 0.05) is 18.4 Å². The van der Waals surface area contributed by atoms with Crippen LogP contribution >= 0.6 is 11.3 Å². The Hall–Kier alpha value is -1.01. The smallest absolute Gasteiger partial charge is 0.220 e. The van der Waals surface area contributed by atoms with Crippen LogP contribution in [0.25, 0.3) is 0 Å². The molecule has 5 nitrogen and oxygen atoms in total. The zero-order valence-electron chi connectivity index (χ0n) is 11.6. The molecule has 1 amide bonds. The molecule has 0 aliphatic heterocycles. The number of hydrogen-bond donors (Lipinski definition) is 2. The van der Waals surface area contributed by atoms with E-state index < -0.39 is 0 Å². The highest BCUT2D eigenvalue weighted by atomic mass is 32.1. The molecule has 0 saturated heterocycles. The standard InChI is InChI=1S/C13H22N4OS/c1-8(2)13-17-16-12(19-13)7-15-11(18)6-9-4-3-5-10(9)14/h8-10H,3-7,14H2,1-2H3,(H,15,18)/t9-,10+/m0/s1. The predicted molar refractivity (Wildman–Crippen MR) is 75.8 cm³/mol. The molecule has 1 heterocycles. The summed E-state index contributed by atoms with van der Waals surface area (Å²) >= 11 is 1.56. The first kappa shape index (κ1) is 14.4. The van der Waals surface area contributed by atoms with Crippen molar-refractivity contribution in [1.29, 1.82) is 0 Å². The highest BCUT2D eigenvalue weighted by Gasteiger charge is 2.25. The van der Waals surface area contributed by atoms with Crippen LogP contribution in [0.4, 0.5) is 0 Å². The van der Waals surface area contributed by atoms with Gasteiger partial charge in [0.05, 0.1) is 6.54 Å². The van der Waals surface area contributed by atoms with Crippen LogP contribution in [-0.2, 0) is 11.3 Å². The lowest BCUT2D eigenvalue weighted by Crippen LogP contribution is -2.31. The fourth-order valence-corrected chi connectivity index (χ4v) is 3.16. The molecular formula is C13H22N4OS. The van der Waals surface area contributed by atoms with E-state index in [2.05, 4.69) is 29.4 Å². The summed E-state index contributed by atoms with van der Waals surface area (Å²) in [5.41, 5.74) is 5.97. The highest BCUT2D eigenvalue weighted by molar-refractivity contribution is 7.11. The number of carbonyl (C=O) groups is 1. The van der Waals surface area contributed by atoms with E-state index in [4.69, 9.17) is 5.73 Å². The monoisotopic (exact) mass is 282 g/mol. The van der Waals surface area contributed by atoms with Gasteiger partial charge in [0.2, 0.25) is 5.91 Å². The van der Waals surface area contributed by atoms with Gasteiger partial charge in [-0.1, -0.05) is 31.6 Å². The van der Waals surface area contributed by atoms with E-state index in [0.717, 1.165) is 29.3 Å². The van der Waals surface area contributed by atoms with E-state index in [-0.39, 0.29) is 11.9 Å². The summed E-state index contributed by atoms with van der Waals surface area (Å²) in [4.78, 5) is 11.8. The maximum Gasteiger partial charge on any atom is 0.220 e. The molecule has 1 aliphatic carbocycles. The maximum absolute atomic E-state index is 11.8. The number of hydrogen-bond acceptors (Lipinski definition) is 5. The van der Waals surface area contributed by atoms with Gasteiger partial charge in [0.25, 0.3) is 0 Å². The predicted octanol–water partition coefficient (Wildman–Crippen LogP) is 1.80. The van der Waals surface area contributed by atoms with Crippen molar-refractivity contribution in [2.45, 2.75) is 58.0 Å². The fraction of sp³-hybridized carbons (Fsp3) is 0.769. The van der Waals surface area contributed by atoms with Crippen molar-refractivity contribution in [3.05, 3.63) is 10.0 Å². The molecule has 0 unspecified atom stereocenters. The zero-order chi connectivity index (χ0) is 13.8. The summed E-state index contributed by atoms with van der Waals surface area (Å²) in [5, 5.41) is 13.0. The van der Waals surface area contributed by atoms with Gasteiger partial charge in [-0.25, -0.2) is 0 Å². The largest absolute Gasteiger partial charge is 0.350 e. The van der Waals surface area contributed by atoms with Crippen LogP contribution in [-0.4, -0.2) is 22.1 Å². The number of nitrogens with two attached hydrogens (primary N) is 1. The first-order valence-corrected chi connectivity index (χ1v) is 7.72. The highest BCUT2D eigenvalue weighted by Crippen LogP contribution is 2.26. The van der Waals surface area contributed by atoms with Crippen molar-refractivity contribution in [2.75, 3.05) is 0 Å². The molecule has 0 bridgehead atoms. The molecule has 0 aromatic carbocycles. The normalized spacial score (nSPS) is 22.9. The summed E-state index contributed by atoms with van der Waals surface area (Å²) in [6.07, 6.45) is 3.81. The average molecular weight is 282 g/mol. The van der Waals surface area contributed by atoms with Gasteiger partial charge in [-0.15, -0.1) is 10.2 Å². The van der Waals surface area contributed by atoms with Gasteiger partial charge in [-0.2, -0.15) is 0 Å². The Morgan fingerprint density at radius 3 is 2.84 bits per heavy atom. The van der Waals surface area contributed by atoms with E-state index in [1.54, 1.807) is 11.3 Å². The Bertz CT molecular complexity index is 432. The molecule has 1 aromatic heterocycles. The summed E-state index contributed by atoms with van der Waals surface area (Å²) in [5.74, 6) is 0.808. The number of aromatic nitrogens is 2. The molecule has 0 spiro atoms. The number of amides is 1. The van der Waals surface area contributed by atoms with Crippen LogP contribution in [0.5, 0.6) is 0 Å². The van der Waals surface area contributed by atoms with Gasteiger partial charge in [0.1, 0.15) is 10.0 Å². The summed E-state index contributed by atoms with van der Waals surface area (Å²) in [7, 11) is 0. The molecule has 1 aromatic rings. The van der Waals surface area contributed by atoms with Gasteiger partial charge in [-0.05, 0) is 18.8 Å². The quantitative estimate of drug-likeness (QED) is 0.863. The Morgan fingerprint density at radius 1 is 1.47 bits per heavy atom. The lowest BCUT2D eigenvalue weighted by molar-refractivity contribution is -0.122. The first-order chi connectivity index (χ1) is 9.06. The number of rotatable bonds is 5. The fourth-order valence-electron chi connectivity index (χ4n) is 2.37. The van der Waals surface area contributed by atoms with E-state index in [0.29, 0.717) is 24.8 Å². The third-order valence-corrected chi connectivity index (χ3v) is 4.80. The topological polar surface area (TPSA) is 80.9 Å². The van der Waals surface area contributed by atoms with Crippen molar-refractivity contribution < 1.29 is 4.79 Å². The lowest BCUT2D eigenvalue weighted by atomic mass is 10.00. The molecule has 19 heavy (non-hydrogen) atoms. The summed E-state index contributed by atoms with van der Waals surface area (Å²) in [6, 6.07) is 0.194. The molecule has 106 valence electrons. The lowest BCUT2D eigenvalue weighted by Gasteiger charge is -2.14. The number of nitrogens with one attached hydrogen (secondary N) is 1. The van der Waals surface area contributed by atoms with Gasteiger partial charge < -0.3 is 11.1 Å². The van der Waals surface area contributed by atoms with Crippen LogP contribution < -0.4 is 11.1 Å². The second-order valence-corrected chi connectivity index (χ2v) is 6.62. The molecule has 1 fully saturated rings. The van der Waals surface area contributed by atoms with Crippen LogP contribution in [0.3, 0.4) is 0 Å². The second-order valence-electron chi connectivity index (χ2n) is 5.52. The Balaban J connectivity index is 1.76. The van der Waals surface area contributed by atoms with Gasteiger partial charge in [0.15, 0.2) is 0 Å². The number of carbonyl (C=O) groups excluding carboxylic acids is 1. The van der Waals surface area contributed by atoms with Gasteiger partial charge >= 0.3 is 0 Å². The molecule has 1 aliphatic rings. The molecule has 2 atom stereocenters. The van der Waals surface area contributed by atoms with Crippen molar-refractivity contribution in [2.24, 2.45) is 11.7 Å². The molecular weight excluding hydrogens is 260 g/mol. The minimum atomic E-state index is 0.0728. The molecule has 6 heteroatoms. The van der Waals surface area contributed by atoms with Gasteiger partial charge in [-0.3, -0.25) is 4.79 Å². The summed E-state index contributed by atoms with van der Waals surface area (Å²) in [6.45, 7) is 4.65. The first-order valence-electron chi connectivity index (χ1n) is 6.91. The second kappa shape index (κ2) is 6.43. The average Bonchev–Trinajstić information content (AvgIpc) is 2.97. The van der Waals surface area contributed by atoms with Crippen LogP contribution in [0.2, 0.25) is 0 Å². The minimum Gasteiger partial charge on any atom is -0.350 e. The molecule has 2 rings (SSSR count). The summed E-state index contributed by atoms with van der Waals surface area (Å²) < 4.78 is 0. The van der Waals surface area contributed by atoms with E-state index in [9.17, 15) is 4.79 Å². The zero-order valence-corrected chi connectivity index (χ0v) is 12.4. The Kier molecular flexibility index (Phi) is 4.87. The molecule has 1 saturated carbocycles. The Labute approximate surface area is 118 Å². The Morgan fingerprint density at radius 2 is 2.26 bits per heavy atom. The SMILES string of the molecule is CC(C)c1nnc(CNC(=O)C[C@@H]2CCC[C@H]2N)s1. The van der Waals surface area contributed by atoms with Crippen LogP contribution in [0, 0.1) is 5.92 Å². The maximum atomic E-state index is 11.8. The van der Waals surface area contributed by atoms with E-state index in [1.165, 1.54) is 0 Å². The minimum absolute atomic E-state index is 0.0728. The molecule has 0 radical (unpaired) electrons. The van der Waals surface area contributed by atoms with E-state index in [1.807, 2.05) is 0 Å². The van der Waals surface area contributed by atoms with Crippen molar-refractivity contribution in [1.82, 2.24) is 15.5 Å². The molecule has 3 N–H and O–H groups in total. The number of nitrogens with zero attached hydrogens (tertiary/aromatic N) is 2. The van der Waals surface area contributed by atoms with Crippen molar-refractivity contribution in [3.63, 3.8) is 0 Å². The van der Waals surface area contributed by atoms with Crippen molar-refractivity contribution >= 4 is 17.2 Å². The third-order valence-electron chi connectivity index (χ3n) is 3.58.